The summed E-state index contributed by atoms with van der Waals surface area (Å²) in [6, 6.07) is 0. The number of nitrogens with one attached hydrogen (secondary N) is 1. The first kappa shape index (κ1) is 14.0. The van der Waals surface area contributed by atoms with E-state index in [2.05, 4.69) is 5.32 Å². The van der Waals surface area contributed by atoms with Crippen LogP contribution < -0.4 is 5.32 Å². The molecule has 1 rings (SSSR count). The third kappa shape index (κ3) is 5.68. The molecule has 1 aliphatic heterocycles. The number of likely N-dealkylation sites (tertiary alicyclic amines) is 1. The predicted molar refractivity (Wildman–Crippen MR) is 64.6 cm³/mol. The van der Waals surface area contributed by atoms with E-state index in [0.717, 1.165) is 25.8 Å². The molecule has 1 fully saturated rings. The first-order valence-electron chi connectivity index (χ1n) is 6.32. The topological polar surface area (TPSA) is 58.6 Å². The molecule has 5 heteroatoms. The molecule has 1 amide bonds. The van der Waals surface area contributed by atoms with Crippen LogP contribution in [0.15, 0.2) is 0 Å². The highest BCUT2D eigenvalue weighted by Crippen LogP contribution is 2.10. The van der Waals surface area contributed by atoms with Gasteiger partial charge in [0.2, 0.25) is 5.91 Å². The second-order valence-electron chi connectivity index (χ2n) is 4.27. The van der Waals surface area contributed by atoms with Crippen LogP contribution in [0.4, 0.5) is 0 Å². The van der Waals surface area contributed by atoms with E-state index in [1.807, 2.05) is 4.90 Å². The molecular weight excluding hydrogens is 220 g/mol. The van der Waals surface area contributed by atoms with E-state index in [9.17, 15) is 9.59 Å². The van der Waals surface area contributed by atoms with Crippen LogP contribution in [0, 0.1) is 0 Å². The zero-order chi connectivity index (χ0) is 12.5. The standard InChI is InChI=1S/C12H22N2O3/c1-13-7-6-12(16)17-10-4-9-14-8-3-2-5-11(14)15/h13H,2-10H2,1H3. The summed E-state index contributed by atoms with van der Waals surface area (Å²) in [6.45, 7) is 2.61. The summed E-state index contributed by atoms with van der Waals surface area (Å²) in [5, 5.41) is 2.89. The Morgan fingerprint density at radius 3 is 3.00 bits per heavy atom. The fraction of sp³-hybridized carbons (Fsp3) is 0.833. The minimum Gasteiger partial charge on any atom is -0.466 e. The van der Waals surface area contributed by atoms with Gasteiger partial charge in [0.1, 0.15) is 0 Å². The van der Waals surface area contributed by atoms with Gasteiger partial charge in [-0.15, -0.1) is 0 Å². The summed E-state index contributed by atoms with van der Waals surface area (Å²) < 4.78 is 5.05. The van der Waals surface area contributed by atoms with Gasteiger partial charge in [0.25, 0.3) is 0 Å². The number of carbonyl (C=O) groups is 2. The quantitative estimate of drug-likeness (QED) is 0.523. The molecule has 1 saturated heterocycles. The van der Waals surface area contributed by atoms with Gasteiger partial charge in [-0.1, -0.05) is 0 Å². The summed E-state index contributed by atoms with van der Waals surface area (Å²) in [4.78, 5) is 24.5. The highest BCUT2D eigenvalue weighted by Gasteiger charge is 2.17. The lowest BCUT2D eigenvalue weighted by Crippen LogP contribution is -2.36. The summed E-state index contributed by atoms with van der Waals surface area (Å²) in [5.41, 5.74) is 0. The molecule has 0 aromatic heterocycles. The Bertz CT molecular complexity index is 256. The number of hydrogen-bond acceptors (Lipinski definition) is 4. The molecular formula is C12H22N2O3. The Labute approximate surface area is 102 Å². The van der Waals surface area contributed by atoms with E-state index in [1.165, 1.54) is 0 Å². The number of nitrogens with zero attached hydrogens (tertiary/aromatic N) is 1. The van der Waals surface area contributed by atoms with Gasteiger partial charge in [0.15, 0.2) is 0 Å². The highest BCUT2D eigenvalue weighted by atomic mass is 16.5. The molecule has 0 aromatic carbocycles. The van der Waals surface area contributed by atoms with Crippen LogP contribution in [0.25, 0.3) is 0 Å². The number of piperidine rings is 1. The number of amides is 1. The Morgan fingerprint density at radius 2 is 2.29 bits per heavy atom. The molecule has 1 N–H and O–H groups in total. The van der Waals surface area contributed by atoms with Crippen molar-refractivity contribution in [3.63, 3.8) is 0 Å². The van der Waals surface area contributed by atoms with Crippen molar-refractivity contribution in [2.24, 2.45) is 0 Å². The molecule has 0 radical (unpaired) electrons. The van der Waals surface area contributed by atoms with Crippen LogP contribution in [0.1, 0.15) is 32.1 Å². The summed E-state index contributed by atoms with van der Waals surface area (Å²) in [7, 11) is 1.80. The molecule has 0 spiro atoms. The fourth-order valence-electron chi connectivity index (χ4n) is 1.84. The number of ether oxygens (including phenoxy) is 1. The van der Waals surface area contributed by atoms with Gasteiger partial charge in [0.05, 0.1) is 13.0 Å². The first-order chi connectivity index (χ1) is 8.24. The average Bonchev–Trinajstić information content (AvgIpc) is 2.34. The van der Waals surface area contributed by atoms with Gasteiger partial charge in [-0.3, -0.25) is 9.59 Å². The first-order valence-corrected chi connectivity index (χ1v) is 6.32. The van der Waals surface area contributed by atoms with Crippen molar-refractivity contribution in [2.75, 3.05) is 33.3 Å². The zero-order valence-corrected chi connectivity index (χ0v) is 10.5. The Hall–Kier alpha value is -1.10. The lowest BCUT2D eigenvalue weighted by molar-refractivity contribution is -0.143. The largest absolute Gasteiger partial charge is 0.466 e. The Kier molecular flexibility index (Phi) is 6.62. The second kappa shape index (κ2) is 8.06. The molecule has 0 saturated carbocycles. The normalized spacial score (nSPS) is 16.1. The molecule has 0 atom stereocenters. The van der Waals surface area contributed by atoms with Crippen LogP contribution >= 0.6 is 0 Å². The van der Waals surface area contributed by atoms with Crippen LogP contribution in [0.5, 0.6) is 0 Å². The minimum absolute atomic E-state index is 0.177. The van der Waals surface area contributed by atoms with Gasteiger partial charge in [0, 0.05) is 26.1 Å². The lowest BCUT2D eigenvalue weighted by atomic mass is 10.1. The smallest absolute Gasteiger partial charge is 0.307 e. The van der Waals surface area contributed by atoms with Crippen LogP contribution in [-0.2, 0) is 14.3 Å². The maximum atomic E-state index is 11.5. The van der Waals surface area contributed by atoms with Gasteiger partial charge in [-0.25, -0.2) is 0 Å². The molecule has 0 unspecified atom stereocenters. The number of hydrogen-bond donors (Lipinski definition) is 1. The van der Waals surface area contributed by atoms with Crippen molar-refractivity contribution in [2.45, 2.75) is 32.1 Å². The monoisotopic (exact) mass is 242 g/mol. The molecule has 1 aliphatic rings. The van der Waals surface area contributed by atoms with Crippen molar-refractivity contribution in [1.29, 1.82) is 0 Å². The minimum atomic E-state index is -0.177. The molecule has 0 aromatic rings. The molecule has 0 bridgehead atoms. The van der Waals surface area contributed by atoms with Crippen molar-refractivity contribution < 1.29 is 14.3 Å². The van der Waals surface area contributed by atoms with E-state index in [-0.39, 0.29) is 11.9 Å². The summed E-state index contributed by atoms with van der Waals surface area (Å²) >= 11 is 0. The second-order valence-corrected chi connectivity index (χ2v) is 4.27. The third-order valence-electron chi connectivity index (χ3n) is 2.84. The van der Waals surface area contributed by atoms with Gasteiger partial charge >= 0.3 is 5.97 Å². The predicted octanol–water partition coefficient (Wildman–Crippen LogP) is 0.542. The summed E-state index contributed by atoms with van der Waals surface area (Å²) in [6.07, 6.45) is 3.90. The van der Waals surface area contributed by atoms with Gasteiger partial charge in [-0.2, -0.15) is 0 Å². The third-order valence-corrected chi connectivity index (χ3v) is 2.84. The molecule has 0 aliphatic carbocycles. The number of esters is 1. The Morgan fingerprint density at radius 1 is 1.47 bits per heavy atom. The van der Waals surface area contributed by atoms with Crippen molar-refractivity contribution >= 4 is 11.9 Å². The lowest BCUT2D eigenvalue weighted by Gasteiger charge is -2.26. The van der Waals surface area contributed by atoms with E-state index in [4.69, 9.17) is 4.74 Å². The molecule has 17 heavy (non-hydrogen) atoms. The van der Waals surface area contributed by atoms with E-state index in [1.54, 1.807) is 7.05 Å². The summed E-state index contributed by atoms with van der Waals surface area (Å²) in [5.74, 6) is 0.0575. The maximum Gasteiger partial charge on any atom is 0.307 e. The fourth-order valence-corrected chi connectivity index (χ4v) is 1.84. The van der Waals surface area contributed by atoms with E-state index >= 15 is 0 Å². The van der Waals surface area contributed by atoms with Crippen LogP contribution in [0.3, 0.4) is 0 Å². The number of rotatable bonds is 7. The Balaban J connectivity index is 2.03. The molecule has 5 nitrogen and oxygen atoms in total. The van der Waals surface area contributed by atoms with Crippen LogP contribution in [0.2, 0.25) is 0 Å². The highest BCUT2D eigenvalue weighted by molar-refractivity contribution is 5.76. The van der Waals surface area contributed by atoms with E-state index < -0.39 is 0 Å². The van der Waals surface area contributed by atoms with Crippen molar-refractivity contribution in [1.82, 2.24) is 10.2 Å². The van der Waals surface area contributed by atoms with Gasteiger partial charge < -0.3 is 15.0 Å². The number of carbonyl (C=O) groups excluding carboxylic acids is 2. The molecule has 98 valence electrons. The van der Waals surface area contributed by atoms with E-state index in [0.29, 0.717) is 32.5 Å². The average molecular weight is 242 g/mol. The van der Waals surface area contributed by atoms with Crippen LogP contribution in [-0.4, -0.2) is 50.1 Å². The SMILES string of the molecule is CNCCC(=O)OCCCN1CCCCC1=O. The maximum absolute atomic E-state index is 11.5. The van der Waals surface area contributed by atoms with Gasteiger partial charge in [-0.05, 0) is 26.3 Å². The van der Waals surface area contributed by atoms with Crippen molar-refractivity contribution in [3.8, 4) is 0 Å². The zero-order valence-electron chi connectivity index (χ0n) is 10.5. The molecule has 1 heterocycles. The van der Waals surface area contributed by atoms with Crippen molar-refractivity contribution in [3.05, 3.63) is 0 Å².